The second-order valence-electron chi connectivity index (χ2n) is 10.1. The Morgan fingerprint density at radius 2 is 1.47 bits per heavy atom. The zero-order valence-corrected chi connectivity index (χ0v) is 23.0. The summed E-state index contributed by atoms with van der Waals surface area (Å²) >= 11 is 0. The standard InChI is InChI=1S/C30H42F2N2O4/c1-5-8-9-10-26(35)28(36)23(17-20-15-21(31)18-22(32)16-20)27-24(29(33)37)13-19(4)14-25(27)30(38)34(11-6-2)12-7-3/h13-16,18,23,26,28,35-36H,5-12,17H2,1-4H3,(H2,33,37)/t23-,26+,28+/m0/s1. The van der Waals surface area contributed by atoms with Gasteiger partial charge in [0.2, 0.25) is 5.91 Å². The van der Waals surface area contributed by atoms with Gasteiger partial charge in [0.1, 0.15) is 11.6 Å². The van der Waals surface area contributed by atoms with Crippen LogP contribution >= 0.6 is 0 Å². The number of primary amides is 1. The molecule has 6 nitrogen and oxygen atoms in total. The lowest BCUT2D eigenvalue weighted by Gasteiger charge is -2.32. The fraction of sp³-hybridized carbons (Fsp3) is 0.533. The third kappa shape index (κ3) is 8.33. The molecule has 2 aromatic carbocycles. The molecule has 210 valence electrons. The van der Waals surface area contributed by atoms with Crippen LogP contribution in [0.3, 0.4) is 0 Å². The summed E-state index contributed by atoms with van der Waals surface area (Å²) in [7, 11) is 0. The Hall–Kier alpha value is -2.84. The van der Waals surface area contributed by atoms with Crippen LogP contribution in [0.4, 0.5) is 8.78 Å². The lowest BCUT2D eigenvalue weighted by atomic mass is 9.78. The zero-order valence-electron chi connectivity index (χ0n) is 23.0. The fourth-order valence-electron chi connectivity index (χ4n) is 5.02. The van der Waals surface area contributed by atoms with Crippen LogP contribution in [0.5, 0.6) is 0 Å². The quantitative estimate of drug-likeness (QED) is 0.272. The summed E-state index contributed by atoms with van der Waals surface area (Å²) in [5.41, 5.74) is 7.06. The molecule has 0 bridgehead atoms. The van der Waals surface area contributed by atoms with Crippen LogP contribution in [-0.2, 0) is 6.42 Å². The number of aliphatic hydroxyl groups excluding tert-OH is 2. The van der Waals surface area contributed by atoms with Crippen LogP contribution in [0.15, 0.2) is 30.3 Å². The molecular formula is C30H42F2N2O4. The molecule has 0 saturated heterocycles. The summed E-state index contributed by atoms with van der Waals surface area (Å²) in [5.74, 6) is -3.72. The Kier molecular flexibility index (Phi) is 12.3. The molecule has 2 rings (SSSR count). The van der Waals surface area contributed by atoms with Crippen LogP contribution in [0.25, 0.3) is 0 Å². The van der Waals surface area contributed by atoms with Gasteiger partial charge in [-0.15, -0.1) is 0 Å². The van der Waals surface area contributed by atoms with Crippen molar-refractivity contribution in [1.29, 1.82) is 0 Å². The maximum Gasteiger partial charge on any atom is 0.254 e. The molecule has 0 radical (unpaired) electrons. The number of aliphatic hydroxyl groups is 2. The molecular weight excluding hydrogens is 490 g/mol. The average Bonchev–Trinajstić information content (AvgIpc) is 2.85. The Labute approximate surface area is 224 Å². The third-order valence-corrected chi connectivity index (χ3v) is 6.75. The number of benzene rings is 2. The molecule has 0 aliphatic rings. The van der Waals surface area contributed by atoms with Gasteiger partial charge in [0, 0.05) is 36.2 Å². The van der Waals surface area contributed by atoms with Gasteiger partial charge in [-0.2, -0.15) is 0 Å². The Bertz CT molecular complexity index is 1070. The minimum absolute atomic E-state index is 0.0444. The van der Waals surface area contributed by atoms with Crippen LogP contribution in [-0.4, -0.2) is 52.2 Å². The molecule has 8 heteroatoms. The highest BCUT2D eigenvalue weighted by molar-refractivity contribution is 6.02. The van der Waals surface area contributed by atoms with Crippen molar-refractivity contribution in [1.82, 2.24) is 4.90 Å². The number of nitrogens with zero attached hydrogens (tertiary/aromatic N) is 1. The molecule has 4 N–H and O–H groups in total. The van der Waals surface area contributed by atoms with Crippen molar-refractivity contribution >= 4 is 11.8 Å². The molecule has 0 aliphatic carbocycles. The number of aryl methyl sites for hydroxylation is 1. The number of nitrogens with two attached hydrogens (primary N) is 1. The second kappa shape index (κ2) is 14.9. The predicted molar refractivity (Wildman–Crippen MR) is 145 cm³/mol. The normalized spacial score (nSPS) is 13.7. The highest BCUT2D eigenvalue weighted by atomic mass is 19.1. The SMILES string of the molecule is CCCCC[C@@H](O)[C@H](O)[C@@H](Cc1cc(F)cc(F)c1)c1c(C(N)=O)cc(C)cc1C(=O)N(CCC)CCC. The maximum absolute atomic E-state index is 14.1. The Balaban J connectivity index is 2.76. The summed E-state index contributed by atoms with van der Waals surface area (Å²) in [5, 5.41) is 22.4. The monoisotopic (exact) mass is 532 g/mol. The largest absolute Gasteiger partial charge is 0.390 e. The van der Waals surface area contributed by atoms with Crippen LogP contribution in [0.1, 0.15) is 103 Å². The first kappa shape index (κ1) is 31.4. The van der Waals surface area contributed by atoms with Gasteiger partial charge in [0.15, 0.2) is 0 Å². The molecule has 0 heterocycles. The van der Waals surface area contributed by atoms with Crippen molar-refractivity contribution in [3.8, 4) is 0 Å². The van der Waals surface area contributed by atoms with Crippen LogP contribution < -0.4 is 5.73 Å². The lowest BCUT2D eigenvalue weighted by molar-refractivity contribution is -0.00351. The van der Waals surface area contributed by atoms with Crippen molar-refractivity contribution in [2.75, 3.05) is 13.1 Å². The zero-order chi connectivity index (χ0) is 28.4. The summed E-state index contributed by atoms with van der Waals surface area (Å²) in [6, 6.07) is 6.24. The van der Waals surface area contributed by atoms with Gasteiger partial charge in [-0.1, -0.05) is 40.0 Å². The predicted octanol–water partition coefficient (Wildman–Crippen LogP) is 5.26. The van der Waals surface area contributed by atoms with Crippen molar-refractivity contribution in [3.05, 3.63) is 69.8 Å². The molecule has 0 saturated carbocycles. The van der Waals surface area contributed by atoms with E-state index in [9.17, 15) is 28.6 Å². The highest BCUT2D eigenvalue weighted by Crippen LogP contribution is 2.35. The number of rotatable bonds is 15. The van der Waals surface area contributed by atoms with Gasteiger partial charge in [0.25, 0.3) is 5.91 Å². The fourth-order valence-corrected chi connectivity index (χ4v) is 5.02. The van der Waals surface area contributed by atoms with Crippen molar-refractivity contribution in [3.63, 3.8) is 0 Å². The van der Waals surface area contributed by atoms with E-state index in [1.807, 2.05) is 20.8 Å². The third-order valence-electron chi connectivity index (χ3n) is 6.75. The van der Waals surface area contributed by atoms with E-state index in [1.54, 1.807) is 24.0 Å². The molecule has 38 heavy (non-hydrogen) atoms. The van der Waals surface area contributed by atoms with Crippen molar-refractivity contribution in [2.24, 2.45) is 5.73 Å². The summed E-state index contributed by atoms with van der Waals surface area (Å²) in [4.78, 5) is 28.2. The number of carbonyl (C=O) groups excluding carboxylic acids is 2. The minimum atomic E-state index is -1.42. The minimum Gasteiger partial charge on any atom is -0.390 e. The first-order chi connectivity index (χ1) is 18.0. The first-order valence-electron chi connectivity index (χ1n) is 13.6. The van der Waals surface area contributed by atoms with Gasteiger partial charge in [-0.25, -0.2) is 8.78 Å². The topological polar surface area (TPSA) is 104 Å². The molecule has 0 aromatic heterocycles. The smallest absolute Gasteiger partial charge is 0.254 e. The van der Waals surface area contributed by atoms with E-state index < -0.39 is 35.7 Å². The van der Waals surface area contributed by atoms with E-state index in [2.05, 4.69) is 0 Å². The summed E-state index contributed by atoms with van der Waals surface area (Å²) in [6.07, 6.45) is 1.46. The van der Waals surface area contributed by atoms with E-state index in [-0.39, 0.29) is 34.6 Å². The van der Waals surface area contributed by atoms with Gasteiger partial charge >= 0.3 is 0 Å². The van der Waals surface area contributed by atoms with E-state index in [0.717, 1.165) is 43.9 Å². The summed E-state index contributed by atoms with van der Waals surface area (Å²) in [6.45, 7) is 8.66. The van der Waals surface area contributed by atoms with E-state index in [0.29, 0.717) is 31.5 Å². The first-order valence-corrected chi connectivity index (χ1v) is 13.6. The lowest BCUT2D eigenvalue weighted by Crippen LogP contribution is -2.38. The van der Waals surface area contributed by atoms with Crippen molar-refractivity contribution < 1.29 is 28.6 Å². The number of unbranched alkanes of at least 4 members (excludes halogenated alkanes) is 2. The van der Waals surface area contributed by atoms with Gasteiger partial charge in [-0.3, -0.25) is 9.59 Å². The van der Waals surface area contributed by atoms with Gasteiger partial charge in [-0.05, 0) is 73.6 Å². The molecule has 0 spiro atoms. The maximum atomic E-state index is 14.1. The number of hydrogen-bond acceptors (Lipinski definition) is 4. The van der Waals surface area contributed by atoms with Crippen LogP contribution in [0.2, 0.25) is 0 Å². The highest BCUT2D eigenvalue weighted by Gasteiger charge is 2.35. The average molecular weight is 533 g/mol. The van der Waals surface area contributed by atoms with E-state index in [1.165, 1.54) is 0 Å². The molecule has 2 amide bonds. The summed E-state index contributed by atoms with van der Waals surface area (Å²) < 4.78 is 28.2. The van der Waals surface area contributed by atoms with Gasteiger partial charge in [0.05, 0.1) is 12.2 Å². The second-order valence-corrected chi connectivity index (χ2v) is 10.1. The molecule has 2 aromatic rings. The van der Waals surface area contributed by atoms with Gasteiger partial charge < -0.3 is 20.8 Å². The Morgan fingerprint density at radius 3 is 2.00 bits per heavy atom. The number of carbonyl (C=O) groups is 2. The van der Waals surface area contributed by atoms with Crippen molar-refractivity contribution in [2.45, 2.75) is 90.8 Å². The number of halogens is 2. The van der Waals surface area contributed by atoms with E-state index >= 15 is 0 Å². The molecule has 3 atom stereocenters. The molecule has 0 fully saturated rings. The molecule has 0 unspecified atom stereocenters. The van der Waals surface area contributed by atoms with Crippen LogP contribution in [0, 0.1) is 18.6 Å². The molecule has 0 aliphatic heterocycles. The number of amides is 2. The Morgan fingerprint density at radius 1 is 0.895 bits per heavy atom. The van der Waals surface area contributed by atoms with E-state index in [4.69, 9.17) is 5.73 Å². The number of hydrogen-bond donors (Lipinski definition) is 3.